The van der Waals surface area contributed by atoms with Gasteiger partial charge in [0.25, 0.3) is 0 Å². The van der Waals surface area contributed by atoms with Gasteiger partial charge in [-0.2, -0.15) is 12.1 Å². The van der Waals surface area contributed by atoms with Crippen LogP contribution >= 0.6 is 15.8 Å². The van der Waals surface area contributed by atoms with E-state index in [0.717, 1.165) is 6.16 Å². The molecule has 6 rings (SSSR count). The summed E-state index contributed by atoms with van der Waals surface area (Å²) in [6.45, 7) is 0. The van der Waals surface area contributed by atoms with Crippen LogP contribution in [0.4, 0.5) is 0 Å². The molecule has 0 spiro atoms. The predicted molar refractivity (Wildman–Crippen MR) is 183 cm³/mol. The Kier molecular flexibility index (Phi) is 12.5. The molecule has 0 fully saturated rings. The maximum absolute atomic E-state index is 2.34. The van der Waals surface area contributed by atoms with Crippen molar-refractivity contribution in [3.8, 4) is 0 Å². The second kappa shape index (κ2) is 16.5. The van der Waals surface area contributed by atoms with E-state index in [1.54, 1.807) is 0 Å². The van der Waals surface area contributed by atoms with Gasteiger partial charge in [0.15, 0.2) is 0 Å². The number of benzene rings is 4. The first-order valence-electron chi connectivity index (χ1n) is 14.1. The summed E-state index contributed by atoms with van der Waals surface area (Å²) >= 11 is 0. The monoisotopic (exact) mass is 625 g/mol. The molecule has 42 heavy (non-hydrogen) atoms. The van der Waals surface area contributed by atoms with E-state index in [4.69, 9.17) is 0 Å². The van der Waals surface area contributed by atoms with E-state index in [-0.39, 0.29) is 25.0 Å². The van der Waals surface area contributed by atoms with Crippen molar-refractivity contribution in [1.82, 2.24) is 4.90 Å². The summed E-state index contributed by atoms with van der Waals surface area (Å²) in [5.41, 5.74) is 1.41. The first-order valence-corrected chi connectivity index (χ1v) is 16.9. The van der Waals surface area contributed by atoms with Crippen molar-refractivity contribution in [1.29, 1.82) is 0 Å². The van der Waals surface area contributed by atoms with E-state index in [1.807, 2.05) is 0 Å². The molecule has 0 saturated heterocycles. The van der Waals surface area contributed by atoms with Gasteiger partial charge in [0.1, 0.15) is 0 Å². The van der Waals surface area contributed by atoms with Crippen LogP contribution in [0, 0.1) is 0 Å². The Balaban J connectivity index is 0.000000193. The standard InChI is InChI=1S/C21H23NP.C17H14P.Fe/c1-22(2)21(18-11-9-10-12-18)17-23(19-13-5-3-6-14-19)20-15-7-4-8-16-20;1-3-9-15(10-4-1)18(17-13-7-8-14-17)16-11-5-2-6-12-16;/h3-16,21H,17H2,1-2H3;1-14H;/q-1;-5;. The van der Waals surface area contributed by atoms with E-state index in [2.05, 4.69) is 189 Å². The van der Waals surface area contributed by atoms with Crippen LogP contribution < -0.4 is 26.5 Å². The van der Waals surface area contributed by atoms with Crippen molar-refractivity contribution < 1.29 is 17.1 Å². The zero-order valence-corrected chi connectivity index (χ0v) is 27.0. The third-order valence-corrected chi connectivity index (χ3v) is 12.1. The SMILES string of the molecule is CN(C)C(CP(c1ccccc1)c1ccccc1)[c-]1cccc1.[Fe].c1ccc(P(c2ccccc2)[c-]2[cH-][cH-][cH-][cH-]2)cc1. The molecule has 0 amide bonds. The average molecular weight is 626 g/mol. The molecular weight excluding hydrogens is 588 g/mol. The number of hydrogen-bond donors (Lipinski definition) is 0. The summed E-state index contributed by atoms with van der Waals surface area (Å²) in [7, 11) is 3.59. The Bertz CT molecular complexity index is 1440. The van der Waals surface area contributed by atoms with Crippen LogP contribution in [0.5, 0.6) is 0 Å². The fourth-order valence-corrected chi connectivity index (χ4v) is 10.0. The number of nitrogens with zero attached hydrogens (tertiary/aromatic N) is 1. The van der Waals surface area contributed by atoms with Crippen molar-refractivity contribution in [2.24, 2.45) is 0 Å². The second-order valence-corrected chi connectivity index (χ2v) is 14.6. The summed E-state index contributed by atoms with van der Waals surface area (Å²) in [6, 6.07) is 61.4. The molecule has 4 heteroatoms. The van der Waals surface area contributed by atoms with Crippen LogP contribution in [0.3, 0.4) is 0 Å². The van der Waals surface area contributed by atoms with E-state index >= 15 is 0 Å². The molecule has 0 saturated carbocycles. The molecule has 6 aromatic carbocycles. The maximum atomic E-state index is 2.34. The average Bonchev–Trinajstić information content (AvgIpc) is 3.76. The predicted octanol–water partition coefficient (Wildman–Crippen LogP) is 7.30. The smallest absolute Gasteiger partial charge is 0 e. The zero-order valence-electron chi connectivity index (χ0n) is 24.1. The number of rotatable bonds is 9. The van der Waals surface area contributed by atoms with Gasteiger partial charge in [-0.1, -0.05) is 132 Å². The summed E-state index contributed by atoms with van der Waals surface area (Å²) in [5, 5.41) is 7.14. The summed E-state index contributed by atoms with van der Waals surface area (Å²) in [6.07, 6.45) is 1.14. The molecular formula is C38H37FeNP2-6. The van der Waals surface area contributed by atoms with E-state index < -0.39 is 7.92 Å². The molecule has 0 aliphatic heterocycles. The van der Waals surface area contributed by atoms with E-state index in [1.165, 1.54) is 32.1 Å². The Morgan fingerprint density at radius 2 is 0.952 bits per heavy atom. The van der Waals surface area contributed by atoms with Gasteiger partial charge >= 0.3 is 0 Å². The molecule has 0 radical (unpaired) electrons. The molecule has 1 nitrogen and oxygen atoms in total. The number of hydrogen-bond acceptors (Lipinski definition) is 1. The van der Waals surface area contributed by atoms with Gasteiger partial charge in [-0.3, -0.25) is 0 Å². The van der Waals surface area contributed by atoms with Crippen LogP contribution in [0.1, 0.15) is 11.6 Å². The minimum atomic E-state index is -0.409. The van der Waals surface area contributed by atoms with Gasteiger partial charge in [0, 0.05) is 17.1 Å². The minimum Gasteiger partial charge on any atom is -0.747 e. The summed E-state index contributed by atoms with van der Waals surface area (Å²) in [4.78, 5) is 2.34. The molecule has 6 aromatic rings. The van der Waals surface area contributed by atoms with E-state index in [0.29, 0.717) is 6.04 Å². The quantitative estimate of drug-likeness (QED) is 0.0927. The fourth-order valence-electron chi connectivity index (χ4n) is 5.04. The molecule has 0 aliphatic carbocycles. The Morgan fingerprint density at radius 3 is 1.33 bits per heavy atom. The topological polar surface area (TPSA) is 3.24 Å². The van der Waals surface area contributed by atoms with Crippen molar-refractivity contribution in [3.63, 3.8) is 0 Å². The normalized spacial score (nSPS) is 11.5. The minimum absolute atomic E-state index is 0. The van der Waals surface area contributed by atoms with Crippen LogP contribution in [0.25, 0.3) is 0 Å². The van der Waals surface area contributed by atoms with Gasteiger partial charge < -0.3 is 34.5 Å². The van der Waals surface area contributed by atoms with Gasteiger partial charge in [-0.15, -0.1) is 5.56 Å². The van der Waals surface area contributed by atoms with Crippen molar-refractivity contribution >= 4 is 42.4 Å². The first kappa shape index (κ1) is 31.8. The van der Waals surface area contributed by atoms with Crippen molar-refractivity contribution in [3.05, 3.63) is 175 Å². The van der Waals surface area contributed by atoms with Crippen LogP contribution in [-0.2, 0) is 17.1 Å². The van der Waals surface area contributed by atoms with Gasteiger partial charge in [-0.25, -0.2) is 20.1 Å². The Hall–Kier alpha value is -3.08. The Morgan fingerprint density at radius 1 is 0.571 bits per heavy atom. The van der Waals surface area contributed by atoms with Crippen LogP contribution in [-0.4, -0.2) is 25.2 Å². The van der Waals surface area contributed by atoms with Crippen LogP contribution in [0.15, 0.2) is 170 Å². The maximum Gasteiger partial charge on any atom is 0 e. The third kappa shape index (κ3) is 8.49. The molecule has 218 valence electrons. The van der Waals surface area contributed by atoms with Gasteiger partial charge in [0.05, 0.1) is 0 Å². The largest absolute Gasteiger partial charge is 0.747 e. The second-order valence-electron chi connectivity index (χ2n) is 10.1. The molecule has 0 N–H and O–H groups in total. The van der Waals surface area contributed by atoms with Crippen molar-refractivity contribution in [2.45, 2.75) is 6.04 Å². The van der Waals surface area contributed by atoms with E-state index in [9.17, 15) is 0 Å². The summed E-state index contributed by atoms with van der Waals surface area (Å²) < 4.78 is 0. The first-order chi connectivity index (χ1) is 20.2. The summed E-state index contributed by atoms with van der Waals surface area (Å²) in [5.74, 6) is 0. The Labute approximate surface area is 265 Å². The fraction of sp³-hybridized carbons (Fsp3) is 0.105. The molecule has 0 heterocycles. The molecule has 1 unspecified atom stereocenters. The molecule has 0 aromatic heterocycles. The molecule has 0 aliphatic rings. The van der Waals surface area contributed by atoms with Gasteiger partial charge in [-0.05, 0) is 44.8 Å². The van der Waals surface area contributed by atoms with Crippen LogP contribution in [0.2, 0.25) is 0 Å². The zero-order chi connectivity index (χ0) is 28.3. The van der Waals surface area contributed by atoms with Gasteiger partial charge in [0.2, 0.25) is 0 Å². The molecule has 0 bridgehead atoms. The van der Waals surface area contributed by atoms with Crippen molar-refractivity contribution in [2.75, 3.05) is 20.3 Å². The third-order valence-electron chi connectivity index (χ3n) is 7.12. The molecule has 1 atom stereocenters.